The summed E-state index contributed by atoms with van der Waals surface area (Å²) in [6, 6.07) is 7.56. The number of hydrogen-bond acceptors (Lipinski definition) is 3. The summed E-state index contributed by atoms with van der Waals surface area (Å²) in [5, 5.41) is 0. The first-order chi connectivity index (χ1) is 9.61. The molecule has 0 radical (unpaired) electrons. The van der Waals surface area contributed by atoms with Crippen molar-refractivity contribution in [1.29, 1.82) is 0 Å². The van der Waals surface area contributed by atoms with Crippen LogP contribution in [0, 0.1) is 13.8 Å². The standard InChI is InChI=1S/C17H16O3/c1-11-3-7-15(19-11)9-13-5-6-14(17(13)18)10-16-8-4-12(2)20-16/h3-4,7-10H,5-6H2,1-2H3. The van der Waals surface area contributed by atoms with Gasteiger partial charge in [-0.05, 0) is 63.1 Å². The Hall–Kier alpha value is -2.29. The second-order valence-electron chi connectivity index (χ2n) is 5.07. The van der Waals surface area contributed by atoms with Crippen molar-refractivity contribution in [2.45, 2.75) is 26.7 Å². The molecule has 1 aliphatic rings. The van der Waals surface area contributed by atoms with Gasteiger partial charge in [-0.3, -0.25) is 4.79 Å². The van der Waals surface area contributed by atoms with Crippen LogP contribution in [-0.4, -0.2) is 5.78 Å². The predicted molar refractivity (Wildman–Crippen MR) is 77.1 cm³/mol. The van der Waals surface area contributed by atoms with Gasteiger partial charge in [0, 0.05) is 11.1 Å². The largest absolute Gasteiger partial charge is 0.462 e. The average molecular weight is 268 g/mol. The van der Waals surface area contributed by atoms with E-state index in [1.807, 2.05) is 50.3 Å². The molecule has 2 aromatic rings. The molecule has 0 aromatic carbocycles. The number of furan rings is 2. The maximum atomic E-state index is 12.3. The number of carbonyl (C=O) groups excluding carboxylic acids is 1. The highest BCUT2D eigenvalue weighted by atomic mass is 16.3. The maximum Gasteiger partial charge on any atom is 0.185 e. The first-order valence-electron chi connectivity index (χ1n) is 6.70. The van der Waals surface area contributed by atoms with Gasteiger partial charge in [0.05, 0.1) is 0 Å². The van der Waals surface area contributed by atoms with E-state index in [0.717, 1.165) is 47.0 Å². The fourth-order valence-electron chi connectivity index (χ4n) is 2.38. The summed E-state index contributed by atoms with van der Waals surface area (Å²) >= 11 is 0. The summed E-state index contributed by atoms with van der Waals surface area (Å²) in [6.07, 6.45) is 5.18. The molecule has 0 unspecified atom stereocenters. The minimum atomic E-state index is 0.0908. The highest BCUT2D eigenvalue weighted by Crippen LogP contribution is 2.30. The van der Waals surface area contributed by atoms with Gasteiger partial charge >= 0.3 is 0 Å². The van der Waals surface area contributed by atoms with Crippen molar-refractivity contribution in [3.63, 3.8) is 0 Å². The number of hydrogen-bond donors (Lipinski definition) is 0. The Balaban J connectivity index is 1.84. The Kier molecular flexibility index (Phi) is 3.18. The second-order valence-corrected chi connectivity index (χ2v) is 5.07. The number of carbonyl (C=O) groups is 1. The third-order valence-electron chi connectivity index (χ3n) is 3.40. The molecule has 3 rings (SSSR count). The van der Waals surface area contributed by atoms with Crippen molar-refractivity contribution >= 4 is 17.9 Å². The topological polar surface area (TPSA) is 43.4 Å². The number of aryl methyl sites for hydroxylation is 2. The molecular formula is C17H16O3. The van der Waals surface area contributed by atoms with Crippen LogP contribution in [0.15, 0.2) is 44.2 Å². The van der Waals surface area contributed by atoms with E-state index in [2.05, 4.69) is 0 Å². The van der Waals surface area contributed by atoms with Gasteiger partial charge in [0.15, 0.2) is 5.78 Å². The lowest BCUT2D eigenvalue weighted by molar-refractivity contribution is -0.111. The molecule has 0 N–H and O–H groups in total. The van der Waals surface area contributed by atoms with Gasteiger partial charge in [-0.25, -0.2) is 0 Å². The minimum absolute atomic E-state index is 0.0908. The van der Waals surface area contributed by atoms with Gasteiger partial charge in [0.1, 0.15) is 23.0 Å². The molecule has 0 bridgehead atoms. The molecule has 1 aliphatic carbocycles. The van der Waals surface area contributed by atoms with E-state index < -0.39 is 0 Å². The monoisotopic (exact) mass is 268 g/mol. The molecule has 2 heterocycles. The van der Waals surface area contributed by atoms with Crippen LogP contribution in [0.25, 0.3) is 12.2 Å². The highest BCUT2D eigenvalue weighted by Gasteiger charge is 2.23. The lowest BCUT2D eigenvalue weighted by atomic mass is 10.1. The third kappa shape index (κ3) is 2.52. The highest BCUT2D eigenvalue weighted by molar-refractivity contribution is 6.15. The van der Waals surface area contributed by atoms with Crippen molar-refractivity contribution in [2.75, 3.05) is 0 Å². The Labute approximate surface area is 117 Å². The van der Waals surface area contributed by atoms with E-state index >= 15 is 0 Å². The Morgan fingerprint density at radius 2 is 1.30 bits per heavy atom. The quantitative estimate of drug-likeness (QED) is 0.762. The van der Waals surface area contributed by atoms with Gasteiger partial charge in [-0.15, -0.1) is 0 Å². The van der Waals surface area contributed by atoms with E-state index in [9.17, 15) is 4.79 Å². The van der Waals surface area contributed by atoms with Crippen LogP contribution < -0.4 is 0 Å². The minimum Gasteiger partial charge on any atom is -0.462 e. The van der Waals surface area contributed by atoms with E-state index in [0.29, 0.717) is 0 Å². The molecular weight excluding hydrogens is 252 g/mol. The zero-order valence-electron chi connectivity index (χ0n) is 11.6. The van der Waals surface area contributed by atoms with E-state index in [1.54, 1.807) is 0 Å². The summed E-state index contributed by atoms with van der Waals surface area (Å²) in [6.45, 7) is 3.78. The summed E-state index contributed by atoms with van der Waals surface area (Å²) in [7, 11) is 0. The molecule has 3 nitrogen and oxygen atoms in total. The number of allylic oxidation sites excluding steroid dienone is 2. The normalized spacial score (nSPS) is 19.4. The molecule has 102 valence electrons. The Morgan fingerprint density at radius 1 is 0.850 bits per heavy atom. The van der Waals surface area contributed by atoms with Crippen molar-refractivity contribution in [2.24, 2.45) is 0 Å². The predicted octanol–water partition coefficient (Wildman–Crippen LogP) is 4.32. The summed E-state index contributed by atoms with van der Waals surface area (Å²) in [5.41, 5.74) is 1.60. The number of ketones is 1. The molecule has 0 atom stereocenters. The smallest absolute Gasteiger partial charge is 0.185 e. The molecule has 0 aliphatic heterocycles. The first kappa shape index (κ1) is 12.7. The van der Waals surface area contributed by atoms with Crippen molar-refractivity contribution in [3.8, 4) is 0 Å². The van der Waals surface area contributed by atoms with Gasteiger partial charge < -0.3 is 8.83 Å². The van der Waals surface area contributed by atoms with Gasteiger partial charge in [-0.1, -0.05) is 0 Å². The fraction of sp³-hybridized carbons (Fsp3) is 0.235. The SMILES string of the molecule is Cc1ccc(C=C2CCC(=Cc3ccc(C)o3)C2=O)o1. The summed E-state index contributed by atoms with van der Waals surface area (Å²) in [5.74, 6) is 3.27. The van der Waals surface area contributed by atoms with E-state index in [4.69, 9.17) is 8.83 Å². The molecule has 2 aromatic heterocycles. The Bertz CT molecular complexity index is 650. The molecule has 0 spiro atoms. The maximum absolute atomic E-state index is 12.3. The average Bonchev–Trinajstić information content (AvgIpc) is 3.08. The van der Waals surface area contributed by atoms with Crippen LogP contribution >= 0.6 is 0 Å². The van der Waals surface area contributed by atoms with Crippen molar-refractivity contribution in [1.82, 2.24) is 0 Å². The van der Waals surface area contributed by atoms with Crippen LogP contribution in [0.3, 0.4) is 0 Å². The molecule has 0 amide bonds. The van der Waals surface area contributed by atoms with Gasteiger partial charge in [-0.2, -0.15) is 0 Å². The van der Waals surface area contributed by atoms with E-state index in [1.165, 1.54) is 0 Å². The third-order valence-corrected chi connectivity index (χ3v) is 3.40. The van der Waals surface area contributed by atoms with Crippen molar-refractivity contribution < 1.29 is 13.6 Å². The van der Waals surface area contributed by atoms with Crippen LogP contribution in [0.1, 0.15) is 35.9 Å². The van der Waals surface area contributed by atoms with Gasteiger partial charge in [0.25, 0.3) is 0 Å². The summed E-state index contributed by atoms with van der Waals surface area (Å²) in [4.78, 5) is 12.3. The number of rotatable bonds is 2. The molecule has 1 saturated carbocycles. The molecule has 3 heteroatoms. The lowest BCUT2D eigenvalue weighted by Crippen LogP contribution is -1.95. The lowest BCUT2D eigenvalue weighted by Gasteiger charge is -1.94. The molecule has 20 heavy (non-hydrogen) atoms. The van der Waals surface area contributed by atoms with Crippen molar-refractivity contribution in [3.05, 3.63) is 58.5 Å². The second kappa shape index (κ2) is 5.00. The van der Waals surface area contributed by atoms with Crippen LogP contribution in [0.5, 0.6) is 0 Å². The van der Waals surface area contributed by atoms with Gasteiger partial charge in [0.2, 0.25) is 0 Å². The van der Waals surface area contributed by atoms with Crippen LogP contribution in [0.2, 0.25) is 0 Å². The molecule has 0 saturated heterocycles. The van der Waals surface area contributed by atoms with Crippen LogP contribution in [-0.2, 0) is 4.79 Å². The zero-order chi connectivity index (χ0) is 14.1. The zero-order valence-corrected chi connectivity index (χ0v) is 11.6. The van der Waals surface area contributed by atoms with Crippen LogP contribution in [0.4, 0.5) is 0 Å². The molecule has 1 fully saturated rings. The fourth-order valence-corrected chi connectivity index (χ4v) is 2.38. The Morgan fingerprint density at radius 3 is 1.65 bits per heavy atom. The summed E-state index contributed by atoms with van der Waals surface area (Å²) < 4.78 is 11.0. The number of Topliss-reactive ketones (excluding diaryl/α,β-unsaturated/α-hetero) is 1. The van der Waals surface area contributed by atoms with E-state index in [-0.39, 0.29) is 5.78 Å². The first-order valence-corrected chi connectivity index (χ1v) is 6.70.